The van der Waals surface area contributed by atoms with Gasteiger partial charge in [-0.1, -0.05) is 0 Å². The molecule has 0 amide bonds. The van der Waals surface area contributed by atoms with Gasteiger partial charge in [-0.05, 0) is 0 Å². The van der Waals surface area contributed by atoms with Crippen molar-refractivity contribution in [1.29, 1.82) is 0 Å². The minimum Gasteiger partial charge on any atom is -0.493 e. The number of aromatic carboxylic acids is 1. The first-order chi connectivity index (χ1) is 6.59. The van der Waals surface area contributed by atoms with E-state index in [1.54, 1.807) is 0 Å². The Kier molecular flexibility index (Phi) is 1.53. The van der Waals surface area contributed by atoms with Crippen molar-refractivity contribution in [2.75, 3.05) is 0 Å². The fourth-order valence-corrected chi connectivity index (χ4v) is 1.13. The fourth-order valence-electron chi connectivity index (χ4n) is 1.13. The number of fused-ring (bicyclic) bond motifs is 1. The maximum atomic E-state index is 10.9. The highest BCUT2D eigenvalue weighted by molar-refractivity contribution is 5.94. The zero-order chi connectivity index (χ0) is 10.3. The van der Waals surface area contributed by atoms with Crippen LogP contribution in [0.15, 0.2) is 17.1 Å². The van der Waals surface area contributed by atoms with Gasteiger partial charge in [0, 0.05) is 0 Å². The molecule has 0 aromatic carbocycles. The van der Waals surface area contributed by atoms with Crippen LogP contribution in [0.3, 0.4) is 0 Å². The Hall–Kier alpha value is -2.31. The average molecular weight is 195 g/mol. The lowest BCUT2D eigenvalue weighted by Gasteiger charge is -1.95. The summed E-state index contributed by atoms with van der Waals surface area (Å²) in [7, 11) is 0. The Morgan fingerprint density at radius 3 is 2.93 bits per heavy atom. The largest absolute Gasteiger partial charge is 0.493 e. The summed E-state index contributed by atoms with van der Waals surface area (Å²) in [6.45, 7) is 0. The molecule has 0 saturated heterocycles. The predicted molar refractivity (Wildman–Crippen MR) is 44.4 cm³/mol. The van der Waals surface area contributed by atoms with Crippen LogP contribution in [0, 0.1) is 0 Å². The molecular formula is C7H5N3O4. The van der Waals surface area contributed by atoms with E-state index >= 15 is 0 Å². The van der Waals surface area contributed by atoms with Gasteiger partial charge in [-0.2, -0.15) is 9.61 Å². The lowest BCUT2D eigenvalue weighted by molar-refractivity contribution is 0.0699. The Labute approximate surface area is 76.2 Å². The van der Waals surface area contributed by atoms with Gasteiger partial charge in [-0.15, -0.1) is 0 Å². The number of carboxylic acids is 1. The van der Waals surface area contributed by atoms with Crippen molar-refractivity contribution >= 4 is 11.6 Å². The van der Waals surface area contributed by atoms with Crippen LogP contribution in [-0.4, -0.2) is 30.8 Å². The number of rotatable bonds is 1. The maximum absolute atomic E-state index is 10.9. The molecule has 0 saturated carbocycles. The number of aromatic nitrogens is 3. The Morgan fingerprint density at radius 2 is 2.29 bits per heavy atom. The van der Waals surface area contributed by atoms with Gasteiger partial charge in [0.15, 0.2) is 5.65 Å². The number of hydrogen-bond donors (Lipinski definition) is 3. The second-order valence-electron chi connectivity index (χ2n) is 2.62. The van der Waals surface area contributed by atoms with Gasteiger partial charge in [0.05, 0.1) is 12.3 Å². The number of nitrogens with zero attached hydrogens (tertiary/aromatic N) is 2. The highest BCUT2D eigenvalue weighted by Gasteiger charge is 2.13. The topological polar surface area (TPSA) is 108 Å². The third-order valence-corrected chi connectivity index (χ3v) is 1.72. The van der Waals surface area contributed by atoms with Gasteiger partial charge in [-0.25, -0.2) is 4.79 Å². The molecule has 0 fully saturated rings. The summed E-state index contributed by atoms with van der Waals surface area (Å²) in [5, 5.41) is 21.5. The van der Waals surface area contributed by atoms with Crippen molar-refractivity contribution in [1.82, 2.24) is 14.6 Å². The third kappa shape index (κ3) is 1.03. The number of aromatic hydroxyl groups is 1. The molecule has 0 spiro atoms. The second-order valence-corrected chi connectivity index (χ2v) is 2.62. The molecule has 72 valence electrons. The standard InChI is InChI=1S/C7H5N3O4/c11-4-1-5(12)10-6(9-4)3(2-8-10)7(13)14/h1-2,12H,(H,9,11)(H,13,14). The normalized spacial score (nSPS) is 10.6. The van der Waals surface area contributed by atoms with Gasteiger partial charge >= 0.3 is 5.97 Å². The van der Waals surface area contributed by atoms with E-state index in [0.717, 1.165) is 16.8 Å². The summed E-state index contributed by atoms with van der Waals surface area (Å²) in [5.74, 6) is -1.63. The number of carbonyl (C=O) groups is 1. The van der Waals surface area contributed by atoms with E-state index < -0.39 is 17.4 Å². The van der Waals surface area contributed by atoms with Crippen LogP contribution in [0.5, 0.6) is 5.88 Å². The Balaban J connectivity index is 2.92. The monoisotopic (exact) mass is 195 g/mol. The Morgan fingerprint density at radius 1 is 1.57 bits per heavy atom. The smallest absolute Gasteiger partial charge is 0.341 e. The van der Waals surface area contributed by atoms with Gasteiger partial charge in [-0.3, -0.25) is 4.79 Å². The summed E-state index contributed by atoms with van der Waals surface area (Å²) in [6, 6.07) is 0.908. The summed E-state index contributed by atoms with van der Waals surface area (Å²) in [6.07, 6.45) is 1.05. The van der Waals surface area contributed by atoms with Crippen LogP contribution in [0.25, 0.3) is 5.65 Å². The zero-order valence-electron chi connectivity index (χ0n) is 6.76. The van der Waals surface area contributed by atoms with E-state index in [1.807, 2.05) is 0 Å². The molecule has 2 aromatic heterocycles. The van der Waals surface area contributed by atoms with Crippen molar-refractivity contribution < 1.29 is 15.0 Å². The van der Waals surface area contributed by atoms with E-state index in [-0.39, 0.29) is 11.2 Å². The number of carboxylic acid groups (broad SMARTS) is 1. The van der Waals surface area contributed by atoms with Gasteiger partial charge < -0.3 is 15.2 Å². The average Bonchev–Trinajstić information content (AvgIpc) is 2.47. The summed E-state index contributed by atoms with van der Waals surface area (Å²) in [5.41, 5.74) is -0.793. The minimum atomic E-state index is -1.22. The minimum absolute atomic E-state index is 0.0394. The molecule has 0 aliphatic carbocycles. The van der Waals surface area contributed by atoms with E-state index in [1.165, 1.54) is 0 Å². The molecule has 7 heteroatoms. The van der Waals surface area contributed by atoms with Crippen molar-refractivity contribution in [2.24, 2.45) is 0 Å². The highest BCUT2D eigenvalue weighted by Crippen LogP contribution is 2.11. The lowest BCUT2D eigenvalue weighted by atomic mass is 10.3. The molecule has 7 nitrogen and oxygen atoms in total. The van der Waals surface area contributed by atoms with Crippen molar-refractivity contribution in [3.8, 4) is 5.88 Å². The lowest BCUT2D eigenvalue weighted by Crippen LogP contribution is -2.08. The zero-order valence-corrected chi connectivity index (χ0v) is 6.76. The predicted octanol–water partition coefficient (Wildman–Crippen LogP) is -0.574. The van der Waals surface area contributed by atoms with Gasteiger partial charge in [0.25, 0.3) is 5.56 Å². The van der Waals surface area contributed by atoms with Crippen LogP contribution in [-0.2, 0) is 0 Å². The van der Waals surface area contributed by atoms with E-state index in [2.05, 4.69) is 10.1 Å². The number of hydrogen-bond acceptors (Lipinski definition) is 4. The summed E-state index contributed by atoms with van der Waals surface area (Å²) in [4.78, 5) is 23.8. The first-order valence-corrected chi connectivity index (χ1v) is 3.63. The third-order valence-electron chi connectivity index (χ3n) is 1.72. The van der Waals surface area contributed by atoms with Crippen molar-refractivity contribution in [2.45, 2.75) is 0 Å². The first kappa shape index (κ1) is 8.30. The van der Waals surface area contributed by atoms with Crippen LogP contribution in [0.4, 0.5) is 0 Å². The molecule has 2 rings (SSSR count). The molecule has 0 bridgehead atoms. The van der Waals surface area contributed by atoms with E-state index in [9.17, 15) is 14.7 Å². The number of aromatic amines is 1. The van der Waals surface area contributed by atoms with Crippen LogP contribution in [0.2, 0.25) is 0 Å². The SMILES string of the molecule is O=C(O)c1cnn2c(O)cc(=O)[nH]c12. The van der Waals surface area contributed by atoms with Crippen LogP contribution < -0.4 is 5.56 Å². The molecule has 0 atom stereocenters. The first-order valence-electron chi connectivity index (χ1n) is 3.63. The summed E-state index contributed by atoms with van der Waals surface area (Å²) < 4.78 is 0.935. The quantitative estimate of drug-likeness (QED) is 0.564. The highest BCUT2D eigenvalue weighted by atomic mass is 16.4. The van der Waals surface area contributed by atoms with Gasteiger partial charge in [0.2, 0.25) is 5.88 Å². The molecule has 0 radical (unpaired) electrons. The van der Waals surface area contributed by atoms with Crippen molar-refractivity contribution in [3.63, 3.8) is 0 Å². The number of nitrogens with one attached hydrogen (secondary N) is 1. The maximum Gasteiger partial charge on any atom is 0.341 e. The van der Waals surface area contributed by atoms with Gasteiger partial charge in [0.1, 0.15) is 5.56 Å². The molecule has 3 N–H and O–H groups in total. The molecule has 0 unspecified atom stereocenters. The molecule has 2 heterocycles. The van der Waals surface area contributed by atoms with Crippen LogP contribution in [0.1, 0.15) is 10.4 Å². The van der Waals surface area contributed by atoms with Crippen LogP contribution >= 0.6 is 0 Å². The molecule has 0 aliphatic rings. The number of H-pyrrole nitrogens is 1. The molecule has 2 aromatic rings. The Bertz CT molecular complexity index is 568. The fraction of sp³-hybridized carbons (Fsp3) is 0. The van der Waals surface area contributed by atoms with E-state index in [4.69, 9.17) is 5.11 Å². The second kappa shape index (κ2) is 2.59. The summed E-state index contributed by atoms with van der Waals surface area (Å²) >= 11 is 0. The van der Waals surface area contributed by atoms with Crippen molar-refractivity contribution in [3.05, 3.63) is 28.2 Å². The molecular weight excluding hydrogens is 190 g/mol. The van der Waals surface area contributed by atoms with E-state index in [0.29, 0.717) is 0 Å². The molecule has 0 aliphatic heterocycles. The molecule has 14 heavy (non-hydrogen) atoms.